The summed E-state index contributed by atoms with van der Waals surface area (Å²) in [5.41, 5.74) is 1.12. The van der Waals surface area contributed by atoms with Crippen molar-refractivity contribution in [3.8, 4) is 11.5 Å². The predicted molar refractivity (Wildman–Crippen MR) is 92.4 cm³/mol. The van der Waals surface area contributed by atoms with E-state index in [2.05, 4.69) is 19.2 Å². The lowest BCUT2D eigenvalue weighted by Crippen LogP contribution is -2.43. The van der Waals surface area contributed by atoms with Gasteiger partial charge in [0.1, 0.15) is 0 Å². The van der Waals surface area contributed by atoms with E-state index in [1.54, 1.807) is 12.0 Å². The number of amides is 1. The molecule has 24 heavy (non-hydrogen) atoms. The number of nitrogens with zero attached hydrogens (tertiary/aromatic N) is 1. The molecule has 0 aromatic heterocycles. The van der Waals surface area contributed by atoms with Crippen LogP contribution in [0.4, 0.5) is 0 Å². The monoisotopic (exact) mass is 336 g/mol. The summed E-state index contributed by atoms with van der Waals surface area (Å²) in [4.78, 5) is 13.9. The predicted octanol–water partition coefficient (Wildman–Crippen LogP) is 1.68. The minimum atomic E-state index is -0.0250. The maximum Gasteiger partial charge on any atom is 0.260 e. The second kappa shape index (κ2) is 9.49. The third kappa shape index (κ3) is 5.69. The van der Waals surface area contributed by atoms with Crippen LogP contribution in [0.25, 0.3) is 0 Å². The first-order chi connectivity index (χ1) is 11.6. The molecule has 0 radical (unpaired) electrons. The molecule has 0 saturated carbocycles. The first-order valence-electron chi connectivity index (χ1n) is 8.46. The van der Waals surface area contributed by atoms with Crippen molar-refractivity contribution in [2.24, 2.45) is 5.92 Å². The van der Waals surface area contributed by atoms with Crippen LogP contribution in [0.5, 0.6) is 11.5 Å². The Labute approximate surface area is 144 Å². The van der Waals surface area contributed by atoms with Crippen molar-refractivity contribution in [1.82, 2.24) is 10.2 Å². The smallest absolute Gasteiger partial charge is 0.260 e. The molecular weight excluding hydrogens is 308 g/mol. The number of hydrogen-bond donors (Lipinski definition) is 1. The van der Waals surface area contributed by atoms with Crippen LogP contribution in [-0.2, 0) is 16.1 Å². The van der Waals surface area contributed by atoms with Crippen molar-refractivity contribution in [2.45, 2.75) is 20.4 Å². The maximum absolute atomic E-state index is 12.1. The molecule has 1 N–H and O–H groups in total. The molecule has 0 atom stereocenters. The minimum Gasteiger partial charge on any atom is -0.493 e. The Hall–Kier alpha value is -1.79. The number of methoxy groups -OCH3 is 1. The van der Waals surface area contributed by atoms with E-state index in [1.165, 1.54) is 0 Å². The highest BCUT2D eigenvalue weighted by atomic mass is 16.5. The van der Waals surface area contributed by atoms with Crippen molar-refractivity contribution in [3.63, 3.8) is 0 Å². The Morgan fingerprint density at radius 1 is 1.29 bits per heavy atom. The van der Waals surface area contributed by atoms with Gasteiger partial charge in [-0.2, -0.15) is 0 Å². The van der Waals surface area contributed by atoms with Gasteiger partial charge in [0, 0.05) is 19.6 Å². The molecular formula is C18H28N2O4. The lowest BCUT2D eigenvalue weighted by atomic mass is 10.2. The minimum absolute atomic E-state index is 0.0152. The van der Waals surface area contributed by atoms with Gasteiger partial charge in [-0.25, -0.2) is 0 Å². The lowest BCUT2D eigenvalue weighted by molar-refractivity contribution is -0.137. The summed E-state index contributed by atoms with van der Waals surface area (Å²) < 4.78 is 16.3. The largest absolute Gasteiger partial charge is 0.493 e. The summed E-state index contributed by atoms with van der Waals surface area (Å²) in [5.74, 6) is 1.82. The Morgan fingerprint density at radius 2 is 2.04 bits per heavy atom. The fourth-order valence-corrected chi connectivity index (χ4v) is 2.49. The zero-order valence-corrected chi connectivity index (χ0v) is 14.8. The van der Waals surface area contributed by atoms with Gasteiger partial charge in [-0.1, -0.05) is 19.9 Å². The van der Waals surface area contributed by atoms with E-state index in [-0.39, 0.29) is 12.5 Å². The van der Waals surface area contributed by atoms with E-state index < -0.39 is 0 Å². The van der Waals surface area contributed by atoms with E-state index in [1.807, 2.05) is 18.2 Å². The quantitative estimate of drug-likeness (QED) is 0.783. The van der Waals surface area contributed by atoms with Gasteiger partial charge >= 0.3 is 0 Å². The molecule has 1 fully saturated rings. The van der Waals surface area contributed by atoms with Gasteiger partial charge in [0.2, 0.25) is 0 Å². The summed E-state index contributed by atoms with van der Waals surface area (Å²) >= 11 is 0. The standard InChI is InChI=1S/C18H28N2O4/c1-14(2)11-19-12-15-4-5-16(17(10-15)22-3)24-13-18(21)20-6-8-23-9-7-20/h4-5,10,14,19H,6-9,11-13H2,1-3H3. The molecule has 1 heterocycles. The highest BCUT2D eigenvalue weighted by Crippen LogP contribution is 2.28. The van der Waals surface area contributed by atoms with Crippen molar-refractivity contribution in [2.75, 3.05) is 46.6 Å². The van der Waals surface area contributed by atoms with Crippen LogP contribution in [0.1, 0.15) is 19.4 Å². The van der Waals surface area contributed by atoms with Gasteiger partial charge in [-0.05, 0) is 30.2 Å². The Kier molecular flexibility index (Phi) is 7.34. The zero-order valence-electron chi connectivity index (χ0n) is 14.8. The number of nitrogens with one attached hydrogen (secondary N) is 1. The van der Waals surface area contributed by atoms with Gasteiger partial charge < -0.3 is 24.4 Å². The second-order valence-electron chi connectivity index (χ2n) is 6.29. The number of ether oxygens (including phenoxy) is 3. The first kappa shape index (κ1) is 18.5. The van der Waals surface area contributed by atoms with Gasteiger partial charge in [0.05, 0.1) is 20.3 Å². The first-order valence-corrected chi connectivity index (χ1v) is 8.46. The van der Waals surface area contributed by atoms with E-state index in [4.69, 9.17) is 14.2 Å². The lowest BCUT2D eigenvalue weighted by Gasteiger charge is -2.26. The number of carbonyl (C=O) groups excluding carboxylic acids is 1. The van der Waals surface area contributed by atoms with Gasteiger partial charge in [-0.3, -0.25) is 4.79 Å². The van der Waals surface area contributed by atoms with Crippen LogP contribution in [0, 0.1) is 5.92 Å². The number of rotatable bonds is 8. The van der Waals surface area contributed by atoms with Crippen LogP contribution in [0.3, 0.4) is 0 Å². The third-order valence-corrected chi connectivity index (χ3v) is 3.82. The van der Waals surface area contributed by atoms with Crippen molar-refractivity contribution in [1.29, 1.82) is 0 Å². The van der Waals surface area contributed by atoms with Gasteiger partial charge in [-0.15, -0.1) is 0 Å². The molecule has 0 aliphatic carbocycles. The summed E-state index contributed by atoms with van der Waals surface area (Å²) in [5, 5.41) is 3.40. The zero-order chi connectivity index (χ0) is 17.4. The van der Waals surface area contributed by atoms with Gasteiger partial charge in [0.15, 0.2) is 18.1 Å². The van der Waals surface area contributed by atoms with Crippen LogP contribution in [-0.4, -0.2) is 57.4 Å². The average molecular weight is 336 g/mol. The Morgan fingerprint density at radius 3 is 2.71 bits per heavy atom. The average Bonchev–Trinajstić information content (AvgIpc) is 2.60. The number of morpholine rings is 1. The number of hydrogen-bond acceptors (Lipinski definition) is 5. The molecule has 1 aliphatic heterocycles. The highest BCUT2D eigenvalue weighted by Gasteiger charge is 2.18. The van der Waals surface area contributed by atoms with Crippen molar-refractivity contribution >= 4 is 5.91 Å². The fourth-order valence-electron chi connectivity index (χ4n) is 2.49. The van der Waals surface area contributed by atoms with E-state index in [0.717, 1.165) is 18.7 Å². The SMILES string of the molecule is COc1cc(CNCC(C)C)ccc1OCC(=O)N1CCOCC1. The number of carbonyl (C=O) groups is 1. The summed E-state index contributed by atoms with van der Waals surface area (Å²) in [6.07, 6.45) is 0. The van der Waals surface area contributed by atoms with Crippen LogP contribution in [0.2, 0.25) is 0 Å². The van der Waals surface area contributed by atoms with Crippen LogP contribution >= 0.6 is 0 Å². The molecule has 1 amide bonds. The van der Waals surface area contributed by atoms with E-state index >= 15 is 0 Å². The molecule has 6 nitrogen and oxygen atoms in total. The molecule has 0 bridgehead atoms. The normalized spacial score (nSPS) is 14.8. The molecule has 2 rings (SSSR count). The molecule has 1 aliphatic rings. The molecule has 0 unspecified atom stereocenters. The maximum atomic E-state index is 12.1. The van der Waals surface area contributed by atoms with Crippen molar-refractivity contribution < 1.29 is 19.0 Å². The summed E-state index contributed by atoms with van der Waals surface area (Å²) in [6, 6.07) is 5.80. The molecule has 1 aromatic rings. The molecule has 6 heteroatoms. The molecule has 0 spiro atoms. The molecule has 1 saturated heterocycles. The fraction of sp³-hybridized carbons (Fsp3) is 0.611. The third-order valence-electron chi connectivity index (χ3n) is 3.82. The van der Waals surface area contributed by atoms with E-state index in [9.17, 15) is 4.79 Å². The number of benzene rings is 1. The topological polar surface area (TPSA) is 60.0 Å². The van der Waals surface area contributed by atoms with Crippen LogP contribution < -0.4 is 14.8 Å². The summed E-state index contributed by atoms with van der Waals surface area (Å²) in [6.45, 7) is 8.54. The van der Waals surface area contributed by atoms with E-state index in [0.29, 0.717) is 43.7 Å². The van der Waals surface area contributed by atoms with Crippen LogP contribution in [0.15, 0.2) is 18.2 Å². The molecule has 134 valence electrons. The Balaban J connectivity index is 1.88. The second-order valence-corrected chi connectivity index (χ2v) is 6.29. The Bertz CT molecular complexity index is 528. The summed E-state index contributed by atoms with van der Waals surface area (Å²) in [7, 11) is 1.61. The molecule has 1 aromatic carbocycles. The van der Waals surface area contributed by atoms with Gasteiger partial charge in [0.25, 0.3) is 5.91 Å². The van der Waals surface area contributed by atoms with Crippen molar-refractivity contribution in [3.05, 3.63) is 23.8 Å². The highest BCUT2D eigenvalue weighted by molar-refractivity contribution is 5.78.